The van der Waals surface area contributed by atoms with Crippen LogP contribution >= 0.6 is 0 Å². The average Bonchev–Trinajstić information content (AvgIpc) is 3.01. The standard InChI is InChI=1S/C32H24F2N4O5/c33-27-19-23(13-17-29(27)39)37(31(41)35-21-7-3-1-4-8-21)38(24-14-18-30(40)28(34)20-24)32(42)36-22-11-15-26(16-12-22)43-25-9-5-2-6-10-25/h1-20,39-40H,(H,35,41)(H,36,42). The monoisotopic (exact) mass is 582 g/mol. The molecule has 5 aromatic carbocycles. The fourth-order valence-corrected chi connectivity index (χ4v) is 4.01. The van der Waals surface area contributed by atoms with Crippen molar-refractivity contribution >= 4 is 34.8 Å². The van der Waals surface area contributed by atoms with Crippen molar-refractivity contribution in [2.24, 2.45) is 0 Å². The van der Waals surface area contributed by atoms with Gasteiger partial charge in [0, 0.05) is 23.5 Å². The molecule has 43 heavy (non-hydrogen) atoms. The third kappa shape index (κ3) is 6.80. The van der Waals surface area contributed by atoms with Crippen LogP contribution in [0.1, 0.15) is 0 Å². The second kappa shape index (κ2) is 12.6. The summed E-state index contributed by atoms with van der Waals surface area (Å²) in [6.45, 7) is 0. The van der Waals surface area contributed by atoms with Gasteiger partial charge in [-0.1, -0.05) is 36.4 Å². The summed E-state index contributed by atoms with van der Waals surface area (Å²) >= 11 is 0. The molecule has 0 fully saturated rings. The Balaban J connectivity index is 1.52. The number of rotatable bonds is 6. The van der Waals surface area contributed by atoms with Gasteiger partial charge in [-0.25, -0.2) is 18.4 Å². The number of ether oxygens (including phenoxy) is 1. The van der Waals surface area contributed by atoms with Crippen LogP contribution in [-0.4, -0.2) is 22.3 Å². The maximum Gasteiger partial charge on any atom is 0.345 e. The van der Waals surface area contributed by atoms with Gasteiger partial charge >= 0.3 is 12.1 Å². The van der Waals surface area contributed by atoms with Crippen molar-refractivity contribution in [3.05, 3.63) is 133 Å². The Kier molecular flexibility index (Phi) is 8.33. The second-order valence-electron chi connectivity index (χ2n) is 9.06. The number of para-hydroxylation sites is 2. The predicted octanol–water partition coefficient (Wildman–Crippen LogP) is 7.86. The number of nitrogens with one attached hydrogen (secondary N) is 2. The molecule has 0 aliphatic heterocycles. The van der Waals surface area contributed by atoms with E-state index in [9.17, 15) is 28.6 Å². The third-order valence-electron chi connectivity index (χ3n) is 6.05. The lowest BCUT2D eigenvalue weighted by molar-refractivity contribution is 0.248. The van der Waals surface area contributed by atoms with Crippen LogP contribution in [0.3, 0.4) is 0 Å². The first-order valence-electron chi connectivity index (χ1n) is 12.9. The predicted molar refractivity (Wildman–Crippen MR) is 159 cm³/mol. The van der Waals surface area contributed by atoms with Crippen molar-refractivity contribution in [2.45, 2.75) is 0 Å². The molecule has 0 saturated carbocycles. The van der Waals surface area contributed by atoms with E-state index in [0.717, 1.165) is 34.3 Å². The lowest BCUT2D eigenvalue weighted by atomic mass is 10.2. The molecule has 0 atom stereocenters. The zero-order chi connectivity index (χ0) is 30.3. The molecule has 0 saturated heterocycles. The normalized spacial score (nSPS) is 10.5. The van der Waals surface area contributed by atoms with Gasteiger partial charge in [-0.2, -0.15) is 10.0 Å². The maximum absolute atomic E-state index is 14.5. The zero-order valence-electron chi connectivity index (χ0n) is 22.3. The van der Waals surface area contributed by atoms with Gasteiger partial charge in [0.05, 0.1) is 11.4 Å². The molecule has 5 rings (SSSR count). The number of phenolic OH excluding ortho intramolecular Hbond substituents is 2. The smallest absolute Gasteiger partial charge is 0.345 e. The highest BCUT2D eigenvalue weighted by Gasteiger charge is 2.31. The number of hydrogen-bond acceptors (Lipinski definition) is 5. The van der Waals surface area contributed by atoms with Crippen LogP contribution in [0.2, 0.25) is 0 Å². The van der Waals surface area contributed by atoms with Crippen molar-refractivity contribution < 1.29 is 33.3 Å². The van der Waals surface area contributed by atoms with Crippen molar-refractivity contribution in [1.82, 2.24) is 0 Å². The molecular weight excluding hydrogens is 558 g/mol. The van der Waals surface area contributed by atoms with Gasteiger partial charge in [-0.05, 0) is 72.8 Å². The first kappa shape index (κ1) is 28.4. The second-order valence-corrected chi connectivity index (χ2v) is 9.06. The van der Waals surface area contributed by atoms with Crippen LogP contribution in [-0.2, 0) is 0 Å². The number of carbonyl (C=O) groups excluding carboxylic acids is 2. The Hall–Kier alpha value is -6.10. The molecule has 0 unspecified atom stereocenters. The molecule has 11 heteroatoms. The molecule has 0 spiro atoms. The van der Waals surface area contributed by atoms with Crippen LogP contribution in [0.5, 0.6) is 23.0 Å². The lowest BCUT2D eigenvalue weighted by Gasteiger charge is -2.34. The van der Waals surface area contributed by atoms with E-state index in [1.54, 1.807) is 66.7 Å². The van der Waals surface area contributed by atoms with Crippen LogP contribution in [0.25, 0.3) is 0 Å². The molecule has 4 amide bonds. The highest BCUT2D eigenvalue weighted by Crippen LogP contribution is 2.31. The first-order valence-corrected chi connectivity index (χ1v) is 12.9. The minimum absolute atomic E-state index is 0.182. The molecule has 0 aromatic heterocycles. The topological polar surface area (TPSA) is 114 Å². The zero-order valence-corrected chi connectivity index (χ0v) is 22.3. The number of halogens is 2. The van der Waals surface area contributed by atoms with Crippen LogP contribution < -0.4 is 25.4 Å². The minimum atomic E-state index is -1.07. The van der Waals surface area contributed by atoms with E-state index in [4.69, 9.17) is 4.74 Å². The Bertz CT molecular complexity index is 1740. The Morgan fingerprint density at radius 2 is 0.977 bits per heavy atom. The Labute approximate surface area is 244 Å². The summed E-state index contributed by atoms with van der Waals surface area (Å²) in [4.78, 5) is 27.5. The fourth-order valence-electron chi connectivity index (χ4n) is 4.01. The van der Waals surface area contributed by atoms with Crippen LogP contribution in [0, 0.1) is 11.6 Å². The van der Waals surface area contributed by atoms with E-state index in [1.165, 1.54) is 12.1 Å². The van der Waals surface area contributed by atoms with Gasteiger partial charge in [0.2, 0.25) is 0 Å². The van der Waals surface area contributed by atoms with Gasteiger partial charge in [-0.3, -0.25) is 0 Å². The number of hydrazine groups is 1. The number of anilines is 4. The Morgan fingerprint density at radius 3 is 1.44 bits per heavy atom. The Morgan fingerprint density at radius 1 is 0.558 bits per heavy atom. The quantitative estimate of drug-likeness (QED) is 0.152. The number of carbonyl (C=O) groups is 2. The van der Waals surface area contributed by atoms with E-state index >= 15 is 0 Å². The summed E-state index contributed by atoms with van der Waals surface area (Å²) in [5, 5.41) is 26.3. The summed E-state index contributed by atoms with van der Waals surface area (Å²) in [6, 6.07) is 27.9. The van der Waals surface area contributed by atoms with Crippen LogP contribution in [0.15, 0.2) is 121 Å². The summed E-state index contributed by atoms with van der Waals surface area (Å²) in [6.07, 6.45) is 0. The van der Waals surface area contributed by atoms with E-state index in [-0.39, 0.29) is 17.1 Å². The molecule has 4 N–H and O–H groups in total. The average molecular weight is 583 g/mol. The molecule has 0 heterocycles. The molecular formula is C32H24F2N4O5. The number of urea groups is 2. The van der Waals surface area contributed by atoms with Gasteiger partial charge in [-0.15, -0.1) is 0 Å². The summed E-state index contributed by atoms with van der Waals surface area (Å²) in [7, 11) is 0. The number of nitrogens with zero attached hydrogens (tertiary/aromatic N) is 2. The summed E-state index contributed by atoms with van der Waals surface area (Å²) < 4.78 is 34.9. The summed E-state index contributed by atoms with van der Waals surface area (Å²) in [5.74, 6) is -2.41. The molecule has 9 nitrogen and oxygen atoms in total. The van der Waals surface area contributed by atoms with Crippen molar-refractivity contribution in [1.29, 1.82) is 0 Å². The molecule has 0 aliphatic carbocycles. The van der Waals surface area contributed by atoms with Crippen molar-refractivity contribution in [2.75, 3.05) is 20.7 Å². The van der Waals surface area contributed by atoms with E-state index in [1.807, 2.05) is 18.2 Å². The third-order valence-corrected chi connectivity index (χ3v) is 6.05. The highest BCUT2D eigenvalue weighted by atomic mass is 19.1. The maximum atomic E-state index is 14.5. The molecule has 0 radical (unpaired) electrons. The highest BCUT2D eigenvalue weighted by molar-refractivity contribution is 6.13. The van der Waals surface area contributed by atoms with Gasteiger partial charge < -0.3 is 25.6 Å². The number of phenols is 2. The number of benzene rings is 5. The SMILES string of the molecule is O=C(Nc1ccccc1)N(c1ccc(O)c(F)c1)N(C(=O)Nc1ccc(Oc2ccccc2)cc1)c1ccc(O)c(F)c1. The van der Waals surface area contributed by atoms with Gasteiger partial charge in [0.1, 0.15) is 11.5 Å². The van der Waals surface area contributed by atoms with Gasteiger partial charge in [0.25, 0.3) is 0 Å². The fraction of sp³-hybridized carbons (Fsp3) is 0. The van der Waals surface area contributed by atoms with Crippen molar-refractivity contribution in [3.63, 3.8) is 0 Å². The summed E-state index contributed by atoms with van der Waals surface area (Å²) in [5.41, 5.74) is 0.269. The van der Waals surface area contributed by atoms with E-state index in [2.05, 4.69) is 10.6 Å². The number of aromatic hydroxyl groups is 2. The number of amides is 4. The van der Waals surface area contributed by atoms with Crippen molar-refractivity contribution in [3.8, 4) is 23.0 Å². The molecule has 216 valence electrons. The number of hydrogen-bond donors (Lipinski definition) is 4. The largest absolute Gasteiger partial charge is 0.505 e. The van der Waals surface area contributed by atoms with Crippen LogP contribution in [0.4, 0.5) is 41.1 Å². The van der Waals surface area contributed by atoms with E-state index < -0.39 is 35.2 Å². The molecule has 0 bridgehead atoms. The van der Waals surface area contributed by atoms with Gasteiger partial charge in [0.15, 0.2) is 23.1 Å². The first-order chi connectivity index (χ1) is 20.8. The lowest BCUT2D eigenvalue weighted by Crippen LogP contribution is -2.54. The minimum Gasteiger partial charge on any atom is -0.505 e. The molecule has 0 aliphatic rings. The van der Waals surface area contributed by atoms with E-state index in [0.29, 0.717) is 17.2 Å². The molecule has 5 aromatic rings.